The first kappa shape index (κ1) is 23.5. The molecule has 34 heavy (non-hydrogen) atoms. The van der Waals surface area contributed by atoms with Gasteiger partial charge >= 0.3 is 0 Å². The highest BCUT2D eigenvalue weighted by Gasteiger charge is 2.17. The van der Waals surface area contributed by atoms with Crippen LogP contribution in [-0.4, -0.2) is 23.9 Å². The predicted octanol–water partition coefficient (Wildman–Crippen LogP) is 7.44. The minimum Gasteiger partial charge on any atom is -0.357 e. The van der Waals surface area contributed by atoms with Crippen molar-refractivity contribution in [1.29, 1.82) is 0 Å². The molecule has 0 N–H and O–H groups in total. The number of rotatable bonds is 2. The molecular weight excluding hydrogens is 412 g/mol. The number of hydrogen-bond acceptors (Lipinski definition) is 2. The number of aryl methyl sites for hydroxylation is 6. The third-order valence-electron chi connectivity index (χ3n) is 6.42. The molecule has 0 amide bonds. The Balaban J connectivity index is 1.92. The quantitative estimate of drug-likeness (QED) is 0.442. The maximum Gasteiger partial charge on any atom is 0.0356 e. The van der Waals surface area contributed by atoms with E-state index in [-0.39, 0.29) is 0 Å². The van der Waals surface area contributed by atoms with Crippen molar-refractivity contribution in [2.24, 2.45) is 0 Å². The standard InChI is InChI=1S/C32H34N2/c1-21-15-23(3)31(24(4)16-21)29-19-33(7)13-11-27(29)9-10-28-12-14-34(8)20-30(28)32-25(5)17-22(2)18-26(32)6/h11-20H,1-8H3. The van der Waals surface area contributed by atoms with E-state index in [1.807, 2.05) is 0 Å². The SMILES string of the molecule is Cc1cc(C)c(C2=CN(C)C=CC2=C=C=C2C=CN(C)C=C2c2c(C)cc(C)cc2C)c(C)c1. The van der Waals surface area contributed by atoms with Crippen LogP contribution in [0.25, 0.3) is 11.1 Å². The lowest BCUT2D eigenvalue weighted by Gasteiger charge is -2.22. The van der Waals surface area contributed by atoms with Gasteiger partial charge in [0.1, 0.15) is 0 Å². The van der Waals surface area contributed by atoms with Crippen molar-refractivity contribution in [1.82, 2.24) is 9.80 Å². The first-order chi connectivity index (χ1) is 16.1. The molecule has 2 aliphatic heterocycles. The van der Waals surface area contributed by atoms with Crippen molar-refractivity contribution in [3.63, 3.8) is 0 Å². The largest absolute Gasteiger partial charge is 0.357 e. The highest BCUT2D eigenvalue weighted by Crippen LogP contribution is 2.34. The van der Waals surface area contributed by atoms with E-state index >= 15 is 0 Å². The minimum absolute atomic E-state index is 1.05. The Kier molecular flexibility index (Phi) is 6.40. The second-order valence-electron chi connectivity index (χ2n) is 9.67. The molecule has 0 fully saturated rings. The number of allylic oxidation sites excluding steroid dienone is 6. The zero-order valence-corrected chi connectivity index (χ0v) is 21.7. The van der Waals surface area contributed by atoms with Crippen LogP contribution in [0.1, 0.15) is 44.5 Å². The molecule has 172 valence electrons. The maximum absolute atomic E-state index is 3.53. The van der Waals surface area contributed by atoms with E-state index in [1.165, 1.54) is 55.7 Å². The van der Waals surface area contributed by atoms with E-state index in [1.54, 1.807) is 0 Å². The summed E-state index contributed by atoms with van der Waals surface area (Å²) in [5, 5.41) is 0. The molecule has 2 heteroatoms. The van der Waals surface area contributed by atoms with Gasteiger partial charge in [-0.3, -0.25) is 0 Å². The van der Waals surface area contributed by atoms with Crippen LogP contribution in [0.5, 0.6) is 0 Å². The Bertz CT molecular complexity index is 1240. The van der Waals surface area contributed by atoms with Crippen molar-refractivity contribution >= 4 is 11.1 Å². The average Bonchev–Trinajstić information content (AvgIpc) is 2.73. The van der Waals surface area contributed by atoms with Crippen LogP contribution >= 0.6 is 0 Å². The molecule has 0 aromatic heterocycles. The Labute approximate surface area is 204 Å². The number of nitrogens with zero attached hydrogens (tertiary/aromatic N) is 2. The molecule has 0 bridgehead atoms. The van der Waals surface area contributed by atoms with Gasteiger partial charge in [-0.1, -0.05) is 46.9 Å². The first-order valence-corrected chi connectivity index (χ1v) is 11.8. The van der Waals surface area contributed by atoms with Crippen molar-refractivity contribution < 1.29 is 0 Å². The van der Waals surface area contributed by atoms with E-state index in [4.69, 9.17) is 0 Å². The molecule has 0 atom stereocenters. The summed E-state index contributed by atoms with van der Waals surface area (Å²) in [5.74, 6) is 0. The number of benzene rings is 2. The summed E-state index contributed by atoms with van der Waals surface area (Å²) in [6.45, 7) is 13.1. The molecule has 0 saturated carbocycles. The summed E-state index contributed by atoms with van der Waals surface area (Å²) in [7, 11) is 4.13. The van der Waals surface area contributed by atoms with Crippen LogP contribution in [0, 0.1) is 41.5 Å². The van der Waals surface area contributed by atoms with E-state index in [9.17, 15) is 0 Å². The van der Waals surface area contributed by atoms with Gasteiger partial charge in [-0.05, 0) is 87.1 Å². The Morgan fingerprint density at radius 1 is 0.529 bits per heavy atom. The molecule has 0 spiro atoms. The second kappa shape index (κ2) is 9.27. The molecule has 2 aromatic rings. The predicted molar refractivity (Wildman–Crippen MR) is 145 cm³/mol. The lowest BCUT2D eigenvalue weighted by Crippen LogP contribution is -2.09. The van der Waals surface area contributed by atoms with Crippen molar-refractivity contribution in [2.75, 3.05) is 14.1 Å². The second-order valence-corrected chi connectivity index (χ2v) is 9.67. The Hall–Kier alpha value is -3.70. The first-order valence-electron chi connectivity index (χ1n) is 11.8. The van der Waals surface area contributed by atoms with E-state index < -0.39 is 0 Å². The summed E-state index contributed by atoms with van der Waals surface area (Å²) in [4.78, 5) is 4.21. The van der Waals surface area contributed by atoms with Gasteiger partial charge in [0.05, 0.1) is 0 Å². The van der Waals surface area contributed by atoms with Crippen LogP contribution in [0.15, 0.2) is 83.8 Å². The summed E-state index contributed by atoms with van der Waals surface area (Å²) in [6.07, 6.45) is 12.8. The lowest BCUT2D eigenvalue weighted by atomic mass is 9.88. The smallest absolute Gasteiger partial charge is 0.0356 e. The van der Waals surface area contributed by atoms with Gasteiger partial charge in [0, 0.05) is 61.2 Å². The highest BCUT2D eigenvalue weighted by molar-refractivity contribution is 5.87. The molecule has 2 heterocycles. The summed E-state index contributed by atoms with van der Waals surface area (Å²) in [6, 6.07) is 9.02. The van der Waals surface area contributed by atoms with Crippen LogP contribution in [-0.2, 0) is 0 Å². The Morgan fingerprint density at radius 2 is 0.853 bits per heavy atom. The third-order valence-corrected chi connectivity index (χ3v) is 6.42. The van der Waals surface area contributed by atoms with Crippen molar-refractivity contribution in [3.05, 3.63) is 128 Å². The fraction of sp³-hybridized carbons (Fsp3) is 0.250. The molecule has 2 nitrogen and oxygen atoms in total. The van der Waals surface area contributed by atoms with Gasteiger partial charge in [-0.25, -0.2) is 0 Å². The summed E-state index contributed by atoms with van der Waals surface area (Å²) < 4.78 is 0. The highest BCUT2D eigenvalue weighted by atomic mass is 15.1. The van der Waals surface area contributed by atoms with Gasteiger partial charge in [-0.2, -0.15) is 0 Å². The van der Waals surface area contributed by atoms with Gasteiger partial charge < -0.3 is 9.80 Å². The lowest BCUT2D eigenvalue weighted by molar-refractivity contribution is 0.623. The fourth-order valence-electron chi connectivity index (χ4n) is 5.16. The summed E-state index contributed by atoms with van der Waals surface area (Å²) >= 11 is 0. The Morgan fingerprint density at radius 3 is 1.18 bits per heavy atom. The molecule has 4 rings (SSSR count). The van der Waals surface area contributed by atoms with Crippen LogP contribution in [0.4, 0.5) is 0 Å². The van der Waals surface area contributed by atoms with E-state index in [2.05, 4.69) is 138 Å². The number of hydrogen-bond donors (Lipinski definition) is 0. The summed E-state index contributed by atoms with van der Waals surface area (Å²) in [5.41, 5.74) is 21.8. The fourth-order valence-corrected chi connectivity index (χ4v) is 5.16. The minimum atomic E-state index is 1.05. The molecular formula is C32H34N2. The van der Waals surface area contributed by atoms with Crippen LogP contribution < -0.4 is 0 Å². The zero-order valence-electron chi connectivity index (χ0n) is 21.7. The molecule has 0 aliphatic carbocycles. The topological polar surface area (TPSA) is 6.48 Å². The average molecular weight is 447 g/mol. The normalized spacial score (nSPS) is 15.3. The van der Waals surface area contributed by atoms with Gasteiger partial charge in [0.15, 0.2) is 0 Å². The van der Waals surface area contributed by atoms with Crippen molar-refractivity contribution in [2.45, 2.75) is 41.5 Å². The van der Waals surface area contributed by atoms with Gasteiger partial charge in [-0.15, -0.1) is 0 Å². The molecule has 0 unspecified atom stereocenters. The monoisotopic (exact) mass is 446 g/mol. The molecule has 0 saturated heterocycles. The van der Waals surface area contributed by atoms with Crippen molar-refractivity contribution in [3.8, 4) is 0 Å². The van der Waals surface area contributed by atoms with Crippen LogP contribution in [0.2, 0.25) is 0 Å². The van der Waals surface area contributed by atoms with E-state index in [0.29, 0.717) is 0 Å². The molecule has 0 radical (unpaired) electrons. The van der Waals surface area contributed by atoms with Gasteiger partial charge in [0.2, 0.25) is 0 Å². The third kappa shape index (κ3) is 4.66. The van der Waals surface area contributed by atoms with Gasteiger partial charge in [0.25, 0.3) is 0 Å². The molecule has 2 aliphatic rings. The zero-order chi connectivity index (χ0) is 24.6. The van der Waals surface area contributed by atoms with Crippen LogP contribution in [0.3, 0.4) is 0 Å². The van der Waals surface area contributed by atoms with E-state index in [0.717, 1.165) is 11.1 Å². The maximum atomic E-state index is 3.53. The molecule has 2 aromatic carbocycles.